The zero-order valence-corrected chi connectivity index (χ0v) is 20.1. The highest BCUT2D eigenvalue weighted by Crippen LogP contribution is 2.70. The molecule has 4 saturated carbocycles. The van der Waals surface area contributed by atoms with Crippen molar-refractivity contribution < 1.29 is 0 Å². The molecule has 35 heavy (non-hydrogen) atoms. The summed E-state index contributed by atoms with van der Waals surface area (Å²) in [6, 6.07) is 36.0. The Morgan fingerprint density at radius 1 is 0.543 bits per heavy atom. The molecule has 0 heterocycles. The van der Waals surface area contributed by atoms with Gasteiger partial charge in [-0.15, -0.1) is 0 Å². The number of hydrogen-bond acceptors (Lipinski definition) is 1. The monoisotopic (exact) mass is 453 g/mol. The summed E-state index contributed by atoms with van der Waals surface area (Å²) in [5.41, 5.74) is 11.4. The van der Waals surface area contributed by atoms with Crippen molar-refractivity contribution in [1.82, 2.24) is 0 Å². The van der Waals surface area contributed by atoms with Gasteiger partial charge >= 0.3 is 0 Å². The van der Waals surface area contributed by atoms with Gasteiger partial charge in [0.25, 0.3) is 0 Å². The van der Waals surface area contributed by atoms with Gasteiger partial charge in [0.1, 0.15) is 0 Å². The van der Waals surface area contributed by atoms with Gasteiger partial charge in [-0.1, -0.05) is 78.9 Å². The largest absolute Gasteiger partial charge is 0.355 e. The van der Waals surface area contributed by atoms with Gasteiger partial charge < -0.3 is 5.32 Å². The van der Waals surface area contributed by atoms with Gasteiger partial charge in [0.15, 0.2) is 0 Å². The van der Waals surface area contributed by atoms with Crippen molar-refractivity contribution in [3.05, 3.63) is 108 Å². The summed E-state index contributed by atoms with van der Waals surface area (Å²) < 4.78 is 0. The molecule has 5 aliphatic rings. The molecule has 0 unspecified atom stereocenters. The van der Waals surface area contributed by atoms with E-state index in [1.165, 1.54) is 65.7 Å². The van der Waals surface area contributed by atoms with Crippen LogP contribution in [0.5, 0.6) is 0 Å². The van der Waals surface area contributed by atoms with Gasteiger partial charge in [-0.25, -0.2) is 0 Å². The number of hydrogen-bond donors (Lipinski definition) is 1. The first-order valence-electron chi connectivity index (χ1n) is 13.5. The Kier molecular flexibility index (Phi) is 4.18. The fraction of sp³-hybridized carbons (Fsp3) is 0.294. The first kappa shape index (κ1) is 19.9. The second kappa shape index (κ2) is 7.34. The normalized spacial score (nSPS) is 29.3. The van der Waals surface area contributed by atoms with Crippen LogP contribution in [0.3, 0.4) is 0 Å². The summed E-state index contributed by atoms with van der Waals surface area (Å²) in [4.78, 5) is 0. The number of anilines is 2. The van der Waals surface area contributed by atoms with Crippen molar-refractivity contribution in [2.75, 3.05) is 5.32 Å². The number of nitrogens with one attached hydrogen (secondary N) is 1. The van der Waals surface area contributed by atoms with Crippen LogP contribution < -0.4 is 5.32 Å². The van der Waals surface area contributed by atoms with Crippen LogP contribution in [0.4, 0.5) is 11.4 Å². The molecule has 4 aromatic carbocycles. The van der Waals surface area contributed by atoms with Gasteiger partial charge in [-0.2, -0.15) is 0 Å². The maximum absolute atomic E-state index is 3.90. The van der Waals surface area contributed by atoms with Gasteiger partial charge in [-0.05, 0) is 107 Å². The SMILES string of the molecule is c1ccc(-c2ccc(Nc3cccc4c3C3(c5ccccc5-4)C4CC5CC(C4)CC3C5)cc2)cc1. The summed E-state index contributed by atoms with van der Waals surface area (Å²) >= 11 is 0. The maximum atomic E-state index is 3.90. The van der Waals surface area contributed by atoms with Crippen LogP contribution in [0.2, 0.25) is 0 Å². The van der Waals surface area contributed by atoms with Crippen LogP contribution in [-0.2, 0) is 5.41 Å². The lowest BCUT2D eigenvalue weighted by atomic mass is 9.43. The third kappa shape index (κ3) is 2.76. The first-order valence-corrected chi connectivity index (χ1v) is 13.5. The molecule has 4 fully saturated rings. The first-order chi connectivity index (χ1) is 17.3. The van der Waals surface area contributed by atoms with Gasteiger partial charge in [0, 0.05) is 16.8 Å². The predicted molar refractivity (Wildman–Crippen MR) is 145 cm³/mol. The molecule has 5 aliphatic carbocycles. The van der Waals surface area contributed by atoms with E-state index in [0.717, 1.165) is 23.7 Å². The Bertz CT molecular complexity index is 1390. The summed E-state index contributed by atoms with van der Waals surface area (Å²) in [5.74, 6) is 3.49. The zero-order chi connectivity index (χ0) is 23.0. The quantitative estimate of drug-likeness (QED) is 0.327. The second-order valence-electron chi connectivity index (χ2n) is 11.5. The number of rotatable bonds is 3. The second-order valence-corrected chi connectivity index (χ2v) is 11.5. The summed E-state index contributed by atoms with van der Waals surface area (Å²) in [6.45, 7) is 0. The molecular formula is C34H31N. The topological polar surface area (TPSA) is 12.0 Å². The average molecular weight is 454 g/mol. The van der Waals surface area contributed by atoms with E-state index in [0.29, 0.717) is 0 Å². The molecule has 172 valence electrons. The van der Waals surface area contributed by atoms with Crippen LogP contribution in [0.15, 0.2) is 97.1 Å². The number of fused-ring (bicyclic) bond motifs is 3. The van der Waals surface area contributed by atoms with E-state index in [1.807, 2.05) is 0 Å². The van der Waals surface area contributed by atoms with Crippen molar-refractivity contribution in [2.45, 2.75) is 37.5 Å². The molecule has 0 amide bonds. The van der Waals surface area contributed by atoms with Crippen LogP contribution >= 0.6 is 0 Å². The van der Waals surface area contributed by atoms with Crippen LogP contribution in [-0.4, -0.2) is 0 Å². The summed E-state index contributed by atoms with van der Waals surface area (Å²) in [5, 5.41) is 3.90. The Hall–Kier alpha value is -3.32. The molecule has 9 rings (SSSR count). The van der Waals surface area contributed by atoms with Gasteiger partial charge in [0.2, 0.25) is 0 Å². The standard InChI is InChI=1S/C34H31N/c1-2-7-24(8-3-1)25-13-15-28(16-14-25)35-32-12-6-10-30-29-9-4-5-11-31(29)34(33(30)32)26-18-22-17-23(20-26)21-27(34)19-22/h1-16,22-23,26-27,35H,17-21H2. The molecule has 0 saturated heterocycles. The fourth-order valence-electron chi connectivity index (χ4n) is 8.85. The van der Waals surface area contributed by atoms with E-state index in [-0.39, 0.29) is 5.41 Å². The Morgan fingerprint density at radius 2 is 1.17 bits per heavy atom. The zero-order valence-electron chi connectivity index (χ0n) is 20.1. The maximum Gasteiger partial charge on any atom is 0.0432 e. The molecule has 4 bridgehead atoms. The third-order valence-electron chi connectivity index (χ3n) is 9.84. The molecule has 0 atom stereocenters. The minimum atomic E-state index is 0.187. The van der Waals surface area contributed by atoms with Gasteiger partial charge in [0.05, 0.1) is 0 Å². The molecule has 0 radical (unpaired) electrons. The van der Waals surface area contributed by atoms with Gasteiger partial charge in [-0.3, -0.25) is 0 Å². The minimum absolute atomic E-state index is 0.187. The van der Waals surface area contributed by atoms with E-state index >= 15 is 0 Å². The van der Waals surface area contributed by atoms with E-state index in [9.17, 15) is 0 Å². The molecule has 4 aromatic rings. The van der Waals surface area contributed by atoms with Crippen molar-refractivity contribution in [2.24, 2.45) is 23.7 Å². The highest BCUT2D eigenvalue weighted by atomic mass is 14.9. The van der Waals surface area contributed by atoms with Crippen LogP contribution in [0.1, 0.15) is 43.2 Å². The highest BCUT2D eigenvalue weighted by Gasteiger charge is 2.62. The molecule has 1 heteroatoms. The molecule has 1 nitrogen and oxygen atoms in total. The van der Waals surface area contributed by atoms with Crippen molar-refractivity contribution in [1.29, 1.82) is 0 Å². The average Bonchev–Trinajstić information content (AvgIpc) is 3.20. The van der Waals surface area contributed by atoms with E-state index in [1.54, 1.807) is 11.1 Å². The Balaban J connectivity index is 1.25. The van der Waals surface area contributed by atoms with Crippen LogP contribution in [0, 0.1) is 23.7 Å². The highest BCUT2D eigenvalue weighted by molar-refractivity contribution is 5.88. The number of benzene rings is 4. The van der Waals surface area contributed by atoms with Crippen molar-refractivity contribution in [3.63, 3.8) is 0 Å². The molecule has 0 aromatic heterocycles. The lowest BCUT2D eigenvalue weighted by molar-refractivity contribution is -0.0396. The molecule has 1 N–H and O–H groups in total. The Morgan fingerprint density at radius 3 is 1.91 bits per heavy atom. The summed E-state index contributed by atoms with van der Waals surface area (Å²) in [7, 11) is 0. The smallest absolute Gasteiger partial charge is 0.0432 e. The minimum Gasteiger partial charge on any atom is -0.355 e. The van der Waals surface area contributed by atoms with Crippen molar-refractivity contribution in [3.8, 4) is 22.3 Å². The summed E-state index contributed by atoms with van der Waals surface area (Å²) in [6.07, 6.45) is 7.16. The fourth-order valence-corrected chi connectivity index (χ4v) is 8.85. The molecule has 1 spiro atoms. The lowest BCUT2D eigenvalue weighted by Gasteiger charge is -2.61. The lowest BCUT2D eigenvalue weighted by Crippen LogP contribution is -2.55. The van der Waals surface area contributed by atoms with Crippen LogP contribution in [0.25, 0.3) is 22.3 Å². The van der Waals surface area contributed by atoms with E-state index in [4.69, 9.17) is 0 Å². The predicted octanol–water partition coefficient (Wildman–Crippen LogP) is 8.82. The van der Waals surface area contributed by atoms with E-state index < -0.39 is 0 Å². The Labute approximate surface area is 208 Å². The molecular weight excluding hydrogens is 422 g/mol. The van der Waals surface area contributed by atoms with E-state index in [2.05, 4.69) is 102 Å². The third-order valence-corrected chi connectivity index (χ3v) is 9.84. The van der Waals surface area contributed by atoms with Crippen molar-refractivity contribution >= 4 is 11.4 Å². The molecule has 0 aliphatic heterocycles.